The van der Waals surface area contributed by atoms with Crippen LogP contribution in [0.4, 0.5) is 0 Å². The van der Waals surface area contributed by atoms with E-state index in [1.54, 1.807) is 7.11 Å². The number of alkyl halides is 1. The van der Waals surface area contributed by atoms with E-state index in [9.17, 15) is 0 Å². The second kappa shape index (κ2) is 7.59. The minimum Gasteiger partial charge on any atom is -0.383 e. The first-order valence-electron chi connectivity index (χ1n) is 4.13. The average molecular weight is 192 g/mol. The van der Waals surface area contributed by atoms with Gasteiger partial charge in [0.05, 0.1) is 12.0 Å². The van der Waals surface area contributed by atoms with Gasteiger partial charge in [0.1, 0.15) is 0 Å². The summed E-state index contributed by atoms with van der Waals surface area (Å²) in [5, 5.41) is 0.0882. The third-order valence-electron chi connectivity index (χ3n) is 1.51. The molecule has 0 N–H and O–H groups in total. The molecular formula is C9H18ClNO. The van der Waals surface area contributed by atoms with Gasteiger partial charge in [0.15, 0.2) is 0 Å². The van der Waals surface area contributed by atoms with Crippen LogP contribution < -0.4 is 0 Å². The van der Waals surface area contributed by atoms with Crippen molar-refractivity contribution in [3.8, 4) is 0 Å². The van der Waals surface area contributed by atoms with Crippen LogP contribution in [-0.4, -0.2) is 44.1 Å². The first-order chi connectivity index (χ1) is 5.70. The van der Waals surface area contributed by atoms with E-state index in [-0.39, 0.29) is 5.38 Å². The van der Waals surface area contributed by atoms with Gasteiger partial charge in [-0.25, -0.2) is 0 Å². The largest absolute Gasteiger partial charge is 0.383 e. The Morgan fingerprint density at radius 1 is 1.58 bits per heavy atom. The summed E-state index contributed by atoms with van der Waals surface area (Å²) in [5.74, 6) is 0. The molecule has 0 aliphatic heterocycles. The summed E-state index contributed by atoms with van der Waals surface area (Å²) in [6.45, 7) is 4.44. The van der Waals surface area contributed by atoms with Gasteiger partial charge in [-0.05, 0) is 14.0 Å². The molecule has 1 unspecified atom stereocenters. The Labute approximate surface area is 80.1 Å². The van der Waals surface area contributed by atoms with Gasteiger partial charge in [0, 0.05) is 20.2 Å². The van der Waals surface area contributed by atoms with Crippen molar-refractivity contribution >= 4 is 11.6 Å². The minimum absolute atomic E-state index is 0.0882. The molecule has 0 aliphatic rings. The van der Waals surface area contributed by atoms with Crippen molar-refractivity contribution in [3.05, 3.63) is 12.2 Å². The van der Waals surface area contributed by atoms with Gasteiger partial charge in [-0.1, -0.05) is 12.2 Å². The molecule has 0 heterocycles. The summed E-state index contributed by atoms with van der Waals surface area (Å²) in [6, 6.07) is 0. The standard InChI is InChI=1S/C9H18ClNO/c1-4-5-6-11(2)7-9(10)8-12-3/h4-5,9H,6-8H2,1-3H3/b5-4+. The molecule has 2 nitrogen and oxygen atoms in total. The third-order valence-corrected chi connectivity index (χ3v) is 1.77. The summed E-state index contributed by atoms with van der Waals surface area (Å²) in [7, 11) is 3.71. The van der Waals surface area contributed by atoms with Crippen LogP contribution in [0.15, 0.2) is 12.2 Å². The molecule has 0 rings (SSSR count). The van der Waals surface area contributed by atoms with Crippen LogP contribution in [0.25, 0.3) is 0 Å². The van der Waals surface area contributed by atoms with Crippen LogP contribution in [0.5, 0.6) is 0 Å². The maximum atomic E-state index is 5.96. The lowest BCUT2D eigenvalue weighted by Gasteiger charge is -2.17. The van der Waals surface area contributed by atoms with Gasteiger partial charge in [-0.15, -0.1) is 11.6 Å². The number of hydrogen-bond acceptors (Lipinski definition) is 2. The fraction of sp³-hybridized carbons (Fsp3) is 0.778. The van der Waals surface area contributed by atoms with E-state index in [0.29, 0.717) is 6.61 Å². The summed E-state index contributed by atoms with van der Waals surface area (Å²) >= 11 is 5.96. The zero-order chi connectivity index (χ0) is 9.40. The average Bonchev–Trinajstić information content (AvgIpc) is 2.01. The van der Waals surface area contributed by atoms with E-state index >= 15 is 0 Å². The smallest absolute Gasteiger partial charge is 0.0696 e. The molecule has 0 bridgehead atoms. The highest BCUT2D eigenvalue weighted by Crippen LogP contribution is 1.98. The van der Waals surface area contributed by atoms with Crippen molar-refractivity contribution in [1.82, 2.24) is 4.90 Å². The molecule has 0 aromatic rings. The number of methoxy groups -OCH3 is 1. The van der Waals surface area contributed by atoms with Gasteiger partial charge in [0.25, 0.3) is 0 Å². The van der Waals surface area contributed by atoms with Crippen LogP contribution >= 0.6 is 11.6 Å². The maximum absolute atomic E-state index is 5.96. The van der Waals surface area contributed by atoms with E-state index in [4.69, 9.17) is 16.3 Å². The number of hydrogen-bond donors (Lipinski definition) is 0. The second-order valence-electron chi connectivity index (χ2n) is 2.84. The molecule has 0 radical (unpaired) electrons. The molecule has 3 heteroatoms. The highest BCUT2D eigenvalue weighted by Gasteiger charge is 2.05. The van der Waals surface area contributed by atoms with E-state index in [1.807, 2.05) is 20.0 Å². The molecule has 72 valence electrons. The fourth-order valence-corrected chi connectivity index (χ4v) is 1.29. The number of rotatable bonds is 6. The van der Waals surface area contributed by atoms with Crippen LogP contribution in [0.2, 0.25) is 0 Å². The Morgan fingerprint density at radius 3 is 2.75 bits per heavy atom. The van der Waals surface area contributed by atoms with Crippen molar-refractivity contribution in [2.24, 2.45) is 0 Å². The van der Waals surface area contributed by atoms with Gasteiger partial charge in [-0.3, -0.25) is 0 Å². The van der Waals surface area contributed by atoms with Crippen molar-refractivity contribution in [2.75, 3.05) is 33.9 Å². The predicted molar refractivity (Wildman–Crippen MR) is 53.8 cm³/mol. The summed E-state index contributed by atoms with van der Waals surface area (Å²) in [5.41, 5.74) is 0. The zero-order valence-electron chi connectivity index (χ0n) is 8.09. The molecule has 0 fully saturated rings. The first kappa shape index (κ1) is 11.9. The Balaban J connectivity index is 3.46. The van der Waals surface area contributed by atoms with Crippen LogP contribution in [0.3, 0.4) is 0 Å². The van der Waals surface area contributed by atoms with E-state index < -0.39 is 0 Å². The van der Waals surface area contributed by atoms with Gasteiger partial charge in [-0.2, -0.15) is 0 Å². The summed E-state index contributed by atoms with van der Waals surface area (Å²) in [6.07, 6.45) is 4.15. The number of allylic oxidation sites excluding steroid dienone is 1. The zero-order valence-corrected chi connectivity index (χ0v) is 8.84. The molecule has 12 heavy (non-hydrogen) atoms. The lowest BCUT2D eigenvalue weighted by molar-refractivity contribution is 0.185. The molecule has 0 aromatic heterocycles. The molecule has 0 aliphatic carbocycles. The third kappa shape index (κ3) is 6.65. The van der Waals surface area contributed by atoms with Crippen molar-refractivity contribution in [1.29, 1.82) is 0 Å². The summed E-state index contributed by atoms with van der Waals surface area (Å²) in [4.78, 5) is 2.16. The molecule has 0 saturated carbocycles. The van der Waals surface area contributed by atoms with Crippen molar-refractivity contribution in [2.45, 2.75) is 12.3 Å². The second-order valence-corrected chi connectivity index (χ2v) is 3.46. The predicted octanol–water partition coefficient (Wildman–Crippen LogP) is 1.75. The van der Waals surface area contributed by atoms with E-state index in [2.05, 4.69) is 11.0 Å². The molecule has 0 aromatic carbocycles. The Bertz CT molecular complexity index is 128. The maximum Gasteiger partial charge on any atom is 0.0696 e. The fourth-order valence-electron chi connectivity index (χ4n) is 0.932. The number of halogens is 1. The highest BCUT2D eigenvalue weighted by atomic mass is 35.5. The lowest BCUT2D eigenvalue weighted by Crippen LogP contribution is -2.28. The van der Waals surface area contributed by atoms with Gasteiger partial charge < -0.3 is 9.64 Å². The number of nitrogens with zero attached hydrogens (tertiary/aromatic N) is 1. The first-order valence-corrected chi connectivity index (χ1v) is 4.57. The van der Waals surface area contributed by atoms with Crippen LogP contribution in [-0.2, 0) is 4.74 Å². The highest BCUT2D eigenvalue weighted by molar-refractivity contribution is 6.20. The Hall–Kier alpha value is -0.0500. The quantitative estimate of drug-likeness (QED) is 0.469. The van der Waals surface area contributed by atoms with Crippen molar-refractivity contribution < 1.29 is 4.74 Å². The molecule has 0 saturated heterocycles. The normalized spacial score (nSPS) is 14.4. The Kier molecular flexibility index (Phi) is 7.56. The monoisotopic (exact) mass is 191 g/mol. The number of ether oxygens (including phenoxy) is 1. The van der Waals surface area contributed by atoms with Crippen LogP contribution in [0, 0.1) is 0 Å². The van der Waals surface area contributed by atoms with E-state index in [1.165, 1.54) is 0 Å². The van der Waals surface area contributed by atoms with Gasteiger partial charge >= 0.3 is 0 Å². The lowest BCUT2D eigenvalue weighted by atomic mass is 10.4. The molecule has 1 atom stereocenters. The van der Waals surface area contributed by atoms with Crippen LogP contribution in [0.1, 0.15) is 6.92 Å². The minimum atomic E-state index is 0.0882. The number of likely N-dealkylation sites (N-methyl/N-ethyl adjacent to an activating group) is 1. The molecule has 0 amide bonds. The summed E-state index contributed by atoms with van der Waals surface area (Å²) < 4.78 is 4.93. The molecule has 0 spiro atoms. The Morgan fingerprint density at radius 2 is 2.25 bits per heavy atom. The molecular weight excluding hydrogens is 174 g/mol. The van der Waals surface area contributed by atoms with Gasteiger partial charge in [0.2, 0.25) is 0 Å². The van der Waals surface area contributed by atoms with Crippen molar-refractivity contribution in [3.63, 3.8) is 0 Å². The van der Waals surface area contributed by atoms with E-state index in [0.717, 1.165) is 13.1 Å². The topological polar surface area (TPSA) is 12.5 Å². The SMILES string of the molecule is C/C=C/CN(C)CC(Cl)COC.